The van der Waals surface area contributed by atoms with Crippen LogP contribution in [0.25, 0.3) is 0 Å². The molecule has 30 heavy (non-hydrogen) atoms. The highest BCUT2D eigenvalue weighted by atomic mass is 19.4. The Hall–Kier alpha value is -1.77. The van der Waals surface area contributed by atoms with Crippen molar-refractivity contribution in [2.45, 2.75) is 76.8 Å². The highest BCUT2D eigenvalue weighted by Crippen LogP contribution is 2.47. The summed E-state index contributed by atoms with van der Waals surface area (Å²) in [5.41, 5.74) is 1.01. The molecule has 0 heterocycles. The van der Waals surface area contributed by atoms with E-state index in [2.05, 4.69) is 49.4 Å². The van der Waals surface area contributed by atoms with Gasteiger partial charge >= 0.3 is 6.18 Å². The first-order valence-electron chi connectivity index (χ1n) is 11.6. The lowest BCUT2D eigenvalue weighted by atomic mass is 9.64. The summed E-state index contributed by atoms with van der Waals surface area (Å²) in [5, 5.41) is 0. The number of unbranched alkanes of at least 4 members (excludes halogenated alkanes) is 1. The van der Waals surface area contributed by atoms with Gasteiger partial charge in [-0.25, -0.2) is 0 Å². The zero-order valence-electron chi connectivity index (χ0n) is 18.1. The Labute approximate surface area is 180 Å². The summed E-state index contributed by atoms with van der Waals surface area (Å²) in [6.07, 6.45) is 16.7. The number of benzene rings is 1. The van der Waals surface area contributed by atoms with Gasteiger partial charge in [0.05, 0.1) is 0 Å². The molecule has 1 aromatic carbocycles. The van der Waals surface area contributed by atoms with Gasteiger partial charge in [-0.15, -0.1) is 0 Å². The van der Waals surface area contributed by atoms with Crippen LogP contribution in [-0.2, 0) is 0 Å². The van der Waals surface area contributed by atoms with Gasteiger partial charge in [0.1, 0.15) is 0 Å². The maximum Gasteiger partial charge on any atom is 0.389 e. The van der Waals surface area contributed by atoms with Gasteiger partial charge in [-0.1, -0.05) is 106 Å². The molecule has 0 N–H and O–H groups in total. The van der Waals surface area contributed by atoms with Crippen molar-refractivity contribution in [1.29, 1.82) is 0 Å². The predicted octanol–water partition coefficient (Wildman–Crippen LogP) is 8.78. The van der Waals surface area contributed by atoms with E-state index in [0.717, 1.165) is 18.8 Å². The number of halogens is 3. The van der Waals surface area contributed by atoms with Crippen molar-refractivity contribution >= 4 is 0 Å². The second-order valence-electron chi connectivity index (χ2n) is 9.07. The third-order valence-corrected chi connectivity index (χ3v) is 6.89. The summed E-state index contributed by atoms with van der Waals surface area (Å²) in [6, 6.07) is 10.4. The lowest BCUT2D eigenvalue weighted by Crippen LogP contribution is -2.30. The minimum Gasteiger partial charge on any atom is -0.171 e. The van der Waals surface area contributed by atoms with Crippen LogP contribution in [0.4, 0.5) is 13.2 Å². The molecule has 1 fully saturated rings. The van der Waals surface area contributed by atoms with E-state index in [1.807, 2.05) is 18.2 Å². The van der Waals surface area contributed by atoms with Gasteiger partial charge in [-0.05, 0) is 36.7 Å². The van der Waals surface area contributed by atoms with Crippen LogP contribution in [0, 0.1) is 17.3 Å². The first-order chi connectivity index (χ1) is 14.4. The maximum atomic E-state index is 12.6. The van der Waals surface area contributed by atoms with E-state index in [9.17, 15) is 13.2 Å². The van der Waals surface area contributed by atoms with Crippen LogP contribution in [0.3, 0.4) is 0 Å². The highest BCUT2D eigenvalue weighted by Gasteiger charge is 2.36. The summed E-state index contributed by atoms with van der Waals surface area (Å²) >= 11 is 0. The molecule has 2 aliphatic carbocycles. The van der Waals surface area contributed by atoms with Crippen LogP contribution in [0.1, 0.15) is 76.2 Å². The topological polar surface area (TPSA) is 0 Å². The number of hydrogen-bond acceptors (Lipinski definition) is 0. The molecule has 164 valence electrons. The lowest BCUT2D eigenvalue weighted by molar-refractivity contribution is -0.133. The highest BCUT2D eigenvalue weighted by molar-refractivity contribution is 5.37. The molecule has 0 aliphatic heterocycles. The fourth-order valence-electron chi connectivity index (χ4n) is 5.06. The van der Waals surface area contributed by atoms with Gasteiger partial charge in [-0.2, -0.15) is 13.2 Å². The van der Waals surface area contributed by atoms with E-state index < -0.39 is 12.6 Å². The summed E-state index contributed by atoms with van der Waals surface area (Å²) in [4.78, 5) is 0. The molecule has 3 rings (SSSR count). The Kier molecular flexibility index (Phi) is 8.02. The first kappa shape index (κ1) is 22.9. The lowest BCUT2D eigenvalue weighted by Gasteiger charge is -2.41. The average molecular weight is 417 g/mol. The number of allylic oxidation sites excluding steroid dienone is 6. The molecule has 0 bridgehead atoms. The third kappa shape index (κ3) is 6.36. The van der Waals surface area contributed by atoms with Crippen molar-refractivity contribution in [3.63, 3.8) is 0 Å². The zero-order chi connectivity index (χ0) is 21.5. The summed E-state index contributed by atoms with van der Waals surface area (Å²) < 4.78 is 37.8. The SMILES string of the molecule is CCCC[C@H]1CC[C@H](C2(/C=C/CCC(F)(F)F)C=CC(c3ccccc3)C=C2)CC1. The Bertz CT molecular complexity index is 704. The molecule has 2 aliphatic rings. The number of alkyl halides is 3. The van der Waals surface area contributed by atoms with Crippen LogP contribution < -0.4 is 0 Å². The van der Waals surface area contributed by atoms with Gasteiger partial charge in [0.25, 0.3) is 0 Å². The molecule has 0 saturated heterocycles. The largest absolute Gasteiger partial charge is 0.389 e. The number of rotatable bonds is 8. The van der Waals surface area contributed by atoms with E-state index in [-0.39, 0.29) is 17.8 Å². The Morgan fingerprint density at radius 3 is 2.27 bits per heavy atom. The second kappa shape index (κ2) is 10.5. The zero-order valence-corrected chi connectivity index (χ0v) is 18.1. The minimum absolute atomic E-state index is 0.0564. The van der Waals surface area contributed by atoms with Gasteiger partial charge in [0.15, 0.2) is 0 Å². The van der Waals surface area contributed by atoms with Crippen LogP contribution in [-0.4, -0.2) is 6.18 Å². The molecule has 0 nitrogen and oxygen atoms in total. The third-order valence-electron chi connectivity index (χ3n) is 6.89. The van der Waals surface area contributed by atoms with Crippen molar-refractivity contribution in [2.75, 3.05) is 0 Å². The van der Waals surface area contributed by atoms with Crippen molar-refractivity contribution in [2.24, 2.45) is 17.3 Å². The quantitative estimate of drug-likeness (QED) is 0.371. The summed E-state index contributed by atoms with van der Waals surface area (Å²) in [5.74, 6) is 1.53. The molecule has 0 amide bonds. The fourth-order valence-corrected chi connectivity index (χ4v) is 5.06. The van der Waals surface area contributed by atoms with E-state index >= 15 is 0 Å². The normalized spacial score (nSPS) is 29.5. The van der Waals surface area contributed by atoms with Gasteiger partial charge in [0.2, 0.25) is 0 Å². The fraction of sp³-hybridized carbons (Fsp3) is 0.556. The van der Waals surface area contributed by atoms with Crippen LogP contribution >= 0.6 is 0 Å². The standard InChI is InChI=1S/C27H35F3/c1-2-3-9-22-12-14-25(15-13-22)26(18-7-8-19-27(28,29)30)20-16-24(17-21-26)23-10-5-4-6-11-23/h4-7,10-11,16-18,20-22,24-25H,2-3,8-9,12-15,19H2,1H3/b18-7+/t22-,24?,25-,26?. The minimum atomic E-state index is -4.09. The number of hydrogen-bond donors (Lipinski definition) is 0. The van der Waals surface area contributed by atoms with E-state index in [0.29, 0.717) is 5.92 Å². The van der Waals surface area contributed by atoms with Crippen molar-refractivity contribution in [3.8, 4) is 0 Å². The van der Waals surface area contributed by atoms with Crippen LogP contribution in [0.15, 0.2) is 66.8 Å². The van der Waals surface area contributed by atoms with E-state index in [1.165, 1.54) is 37.7 Å². The molecule has 0 unspecified atom stereocenters. The maximum absolute atomic E-state index is 12.6. The predicted molar refractivity (Wildman–Crippen MR) is 119 cm³/mol. The van der Waals surface area contributed by atoms with Crippen LogP contribution in [0.2, 0.25) is 0 Å². The van der Waals surface area contributed by atoms with Gasteiger partial charge in [-0.3, -0.25) is 0 Å². The van der Waals surface area contributed by atoms with Gasteiger partial charge < -0.3 is 0 Å². The molecule has 1 saturated carbocycles. The van der Waals surface area contributed by atoms with Crippen LogP contribution in [0.5, 0.6) is 0 Å². The molecule has 1 aromatic rings. The molecule has 0 aromatic heterocycles. The Morgan fingerprint density at radius 1 is 1.00 bits per heavy atom. The molecular formula is C27H35F3. The smallest absolute Gasteiger partial charge is 0.171 e. The van der Waals surface area contributed by atoms with E-state index in [1.54, 1.807) is 6.08 Å². The Balaban J connectivity index is 1.72. The molecule has 3 heteroatoms. The average Bonchev–Trinajstić information content (AvgIpc) is 2.76. The summed E-state index contributed by atoms with van der Waals surface area (Å²) in [7, 11) is 0. The van der Waals surface area contributed by atoms with Crippen molar-refractivity contribution in [3.05, 3.63) is 72.4 Å². The van der Waals surface area contributed by atoms with Crippen molar-refractivity contribution < 1.29 is 13.2 Å². The molecule has 0 atom stereocenters. The molecule has 0 radical (unpaired) electrons. The van der Waals surface area contributed by atoms with Crippen molar-refractivity contribution in [1.82, 2.24) is 0 Å². The Morgan fingerprint density at radius 2 is 1.67 bits per heavy atom. The molecular weight excluding hydrogens is 381 g/mol. The first-order valence-corrected chi connectivity index (χ1v) is 11.6. The monoisotopic (exact) mass is 416 g/mol. The molecule has 0 spiro atoms. The summed E-state index contributed by atoms with van der Waals surface area (Å²) in [6.45, 7) is 2.24. The van der Waals surface area contributed by atoms with E-state index in [4.69, 9.17) is 0 Å². The van der Waals surface area contributed by atoms with Gasteiger partial charge in [0, 0.05) is 17.8 Å². The second-order valence-corrected chi connectivity index (χ2v) is 9.07.